The number of methoxy groups -OCH3 is 1. The molecule has 1 amide bonds. The standard InChI is InChI=1S/C22H24FN5O6/c1-12-25-17(21-27-20(34-28-21)6-14-10-33-15(9-29)11-32-14)7-18(26-12)22(30)24-8-13-3-4-16(23)19(5-13)31-2/h3-5,7,14-15,29H,6,8-11H2,1-2H3,(H,24,30)/t14-,15+/m0/s1. The van der Waals surface area contributed by atoms with Crippen LogP contribution >= 0.6 is 0 Å². The summed E-state index contributed by atoms with van der Waals surface area (Å²) >= 11 is 0. The molecule has 2 aromatic heterocycles. The number of aromatic nitrogens is 4. The molecule has 1 aliphatic heterocycles. The van der Waals surface area contributed by atoms with Crippen molar-refractivity contribution < 1.29 is 33.0 Å². The Morgan fingerprint density at radius 3 is 2.74 bits per heavy atom. The Labute approximate surface area is 194 Å². The zero-order valence-electron chi connectivity index (χ0n) is 18.7. The molecule has 180 valence electrons. The summed E-state index contributed by atoms with van der Waals surface area (Å²) in [5, 5.41) is 15.8. The molecule has 0 radical (unpaired) electrons. The van der Waals surface area contributed by atoms with Crippen LogP contribution in [0.4, 0.5) is 4.39 Å². The largest absolute Gasteiger partial charge is 0.494 e. The Balaban J connectivity index is 1.41. The van der Waals surface area contributed by atoms with Gasteiger partial charge in [-0.05, 0) is 30.7 Å². The number of ether oxygens (including phenoxy) is 3. The van der Waals surface area contributed by atoms with Crippen molar-refractivity contribution >= 4 is 5.91 Å². The number of nitrogens with zero attached hydrogens (tertiary/aromatic N) is 4. The molecule has 0 aliphatic carbocycles. The molecule has 3 aromatic rings. The van der Waals surface area contributed by atoms with Crippen LogP contribution in [0.2, 0.25) is 0 Å². The number of aliphatic hydroxyl groups is 1. The molecule has 3 heterocycles. The van der Waals surface area contributed by atoms with Gasteiger partial charge in [-0.3, -0.25) is 4.79 Å². The van der Waals surface area contributed by atoms with Gasteiger partial charge < -0.3 is 29.2 Å². The number of benzene rings is 1. The molecule has 1 aliphatic rings. The summed E-state index contributed by atoms with van der Waals surface area (Å²) in [6.45, 7) is 2.30. The monoisotopic (exact) mass is 473 g/mol. The van der Waals surface area contributed by atoms with E-state index in [0.29, 0.717) is 36.0 Å². The highest BCUT2D eigenvalue weighted by Gasteiger charge is 2.24. The summed E-state index contributed by atoms with van der Waals surface area (Å²) in [5.74, 6) is 0.0751. The lowest BCUT2D eigenvalue weighted by molar-refractivity contribution is -0.145. The molecule has 11 nitrogen and oxygen atoms in total. The Kier molecular flexibility index (Phi) is 7.40. The molecule has 2 atom stereocenters. The van der Waals surface area contributed by atoms with Crippen LogP contribution in [0.15, 0.2) is 28.8 Å². The van der Waals surface area contributed by atoms with Gasteiger partial charge in [-0.15, -0.1) is 0 Å². The van der Waals surface area contributed by atoms with Crippen LogP contribution in [-0.2, 0) is 22.4 Å². The van der Waals surface area contributed by atoms with Gasteiger partial charge in [0, 0.05) is 6.54 Å². The molecule has 0 unspecified atom stereocenters. The molecule has 1 saturated heterocycles. The number of nitrogens with one attached hydrogen (secondary N) is 1. The fourth-order valence-electron chi connectivity index (χ4n) is 3.33. The van der Waals surface area contributed by atoms with E-state index in [2.05, 4.69) is 25.4 Å². The Morgan fingerprint density at radius 1 is 1.21 bits per heavy atom. The van der Waals surface area contributed by atoms with Gasteiger partial charge in [-0.2, -0.15) is 4.98 Å². The summed E-state index contributed by atoms with van der Waals surface area (Å²) in [7, 11) is 1.37. The van der Waals surface area contributed by atoms with Gasteiger partial charge in [-0.1, -0.05) is 11.2 Å². The van der Waals surface area contributed by atoms with Crippen molar-refractivity contribution in [2.24, 2.45) is 0 Å². The number of amides is 1. The minimum Gasteiger partial charge on any atom is -0.494 e. The van der Waals surface area contributed by atoms with E-state index < -0.39 is 11.7 Å². The quantitative estimate of drug-likeness (QED) is 0.491. The van der Waals surface area contributed by atoms with Crippen molar-refractivity contribution in [3.05, 3.63) is 53.1 Å². The van der Waals surface area contributed by atoms with Gasteiger partial charge in [-0.25, -0.2) is 14.4 Å². The summed E-state index contributed by atoms with van der Waals surface area (Å²) in [6, 6.07) is 5.81. The van der Waals surface area contributed by atoms with E-state index in [4.69, 9.17) is 23.8 Å². The van der Waals surface area contributed by atoms with E-state index in [-0.39, 0.29) is 49.2 Å². The molecule has 1 aromatic carbocycles. The summed E-state index contributed by atoms with van der Waals surface area (Å²) < 4.78 is 35.0. The molecular weight excluding hydrogens is 449 g/mol. The molecule has 2 N–H and O–H groups in total. The molecule has 4 rings (SSSR count). The van der Waals surface area contributed by atoms with Gasteiger partial charge in [0.2, 0.25) is 11.7 Å². The van der Waals surface area contributed by atoms with Crippen molar-refractivity contribution in [2.75, 3.05) is 26.9 Å². The predicted octanol–water partition coefficient (Wildman–Crippen LogP) is 1.23. The number of hydrogen-bond acceptors (Lipinski definition) is 10. The van der Waals surface area contributed by atoms with E-state index in [1.165, 1.54) is 25.3 Å². The van der Waals surface area contributed by atoms with Gasteiger partial charge in [0.1, 0.15) is 23.3 Å². The number of halogens is 1. The number of aliphatic hydroxyl groups excluding tert-OH is 1. The van der Waals surface area contributed by atoms with Crippen molar-refractivity contribution in [1.29, 1.82) is 0 Å². The SMILES string of the molecule is COc1cc(CNC(=O)c2cc(-c3noc(C[C@H]4CO[C@H](CO)CO4)n3)nc(C)n2)ccc1F. The highest BCUT2D eigenvalue weighted by molar-refractivity contribution is 5.93. The van der Waals surface area contributed by atoms with Crippen LogP contribution in [-0.4, -0.2) is 70.3 Å². The van der Waals surface area contributed by atoms with Crippen LogP contribution in [0, 0.1) is 12.7 Å². The normalized spacial score (nSPS) is 18.0. The average Bonchev–Trinajstić information content (AvgIpc) is 3.32. The summed E-state index contributed by atoms with van der Waals surface area (Å²) in [5.41, 5.74) is 1.12. The number of rotatable bonds is 8. The molecule has 0 saturated carbocycles. The first-order chi connectivity index (χ1) is 16.4. The third-order valence-corrected chi connectivity index (χ3v) is 5.08. The summed E-state index contributed by atoms with van der Waals surface area (Å²) in [4.78, 5) is 25.5. The minimum atomic E-state index is -0.481. The fraction of sp³-hybridized carbons (Fsp3) is 0.409. The number of carbonyl (C=O) groups is 1. The Bertz CT molecular complexity index is 1150. The second-order valence-corrected chi connectivity index (χ2v) is 7.65. The van der Waals surface area contributed by atoms with Gasteiger partial charge in [0.05, 0.1) is 39.5 Å². The number of aryl methyl sites for hydroxylation is 1. The summed E-state index contributed by atoms with van der Waals surface area (Å²) in [6.07, 6.45) is -0.258. The van der Waals surface area contributed by atoms with Crippen molar-refractivity contribution in [1.82, 2.24) is 25.4 Å². The van der Waals surface area contributed by atoms with E-state index in [1.54, 1.807) is 13.0 Å². The molecule has 0 spiro atoms. The highest BCUT2D eigenvalue weighted by atomic mass is 19.1. The smallest absolute Gasteiger partial charge is 0.270 e. The number of carbonyl (C=O) groups excluding carboxylic acids is 1. The third-order valence-electron chi connectivity index (χ3n) is 5.08. The first-order valence-electron chi connectivity index (χ1n) is 10.6. The lowest BCUT2D eigenvalue weighted by atomic mass is 10.2. The van der Waals surface area contributed by atoms with Gasteiger partial charge >= 0.3 is 0 Å². The zero-order valence-corrected chi connectivity index (χ0v) is 18.7. The molecule has 34 heavy (non-hydrogen) atoms. The third kappa shape index (κ3) is 5.71. The maximum absolute atomic E-state index is 13.6. The highest BCUT2D eigenvalue weighted by Crippen LogP contribution is 2.19. The van der Waals surface area contributed by atoms with Crippen molar-refractivity contribution in [3.63, 3.8) is 0 Å². The van der Waals surface area contributed by atoms with Crippen LogP contribution < -0.4 is 10.1 Å². The first-order valence-corrected chi connectivity index (χ1v) is 10.6. The van der Waals surface area contributed by atoms with E-state index >= 15 is 0 Å². The van der Waals surface area contributed by atoms with Crippen molar-refractivity contribution in [3.8, 4) is 17.3 Å². The number of hydrogen-bond donors (Lipinski definition) is 2. The second-order valence-electron chi connectivity index (χ2n) is 7.65. The second kappa shape index (κ2) is 10.6. The van der Waals surface area contributed by atoms with E-state index in [0.717, 1.165) is 0 Å². The maximum atomic E-state index is 13.6. The van der Waals surface area contributed by atoms with E-state index in [1.807, 2.05) is 0 Å². The zero-order chi connectivity index (χ0) is 24.1. The Morgan fingerprint density at radius 2 is 2.00 bits per heavy atom. The fourth-order valence-corrected chi connectivity index (χ4v) is 3.33. The maximum Gasteiger partial charge on any atom is 0.270 e. The average molecular weight is 473 g/mol. The van der Waals surface area contributed by atoms with Crippen LogP contribution in [0.5, 0.6) is 5.75 Å². The molecule has 1 fully saturated rings. The Hall–Kier alpha value is -3.48. The molecular formula is C22H24FN5O6. The molecule has 12 heteroatoms. The van der Waals surface area contributed by atoms with Gasteiger partial charge in [0.15, 0.2) is 11.6 Å². The lowest BCUT2D eigenvalue weighted by Gasteiger charge is -2.27. The topological polar surface area (TPSA) is 142 Å². The van der Waals surface area contributed by atoms with Crippen LogP contribution in [0.1, 0.15) is 27.8 Å². The minimum absolute atomic E-state index is 0.0956. The van der Waals surface area contributed by atoms with Crippen LogP contribution in [0.3, 0.4) is 0 Å². The van der Waals surface area contributed by atoms with Crippen molar-refractivity contribution in [2.45, 2.75) is 32.1 Å². The predicted molar refractivity (Wildman–Crippen MR) is 114 cm³/mol. The van der Waals surface area contributed by atoms with Gasteiger partial charge in [0.25, 0.3) is 5.91 Å². The molecule has 0 bridgehead atoms. The first kappa shape index (κ1) is 23.7. The van der Waals surface area contributed by atoms with Crippen LogP contribution in [0.25, 0.3) is 11.5 Å². The lowest BCUT2D eigenvalue weighted by Crippen LogP contribution is -2.38. The van der Waals surface area contributed by atoms with E-state index in [9.17, 15) is 9.18 Å².